The van der Waals surface area contributed by atoms with Gasteiger partial charge in [-0.1, -0.05) is 0 Å². The van der Waals surface area contributed by atoms with Gasteiger partial charge in [0, 0.05) is 23.7 Å². The van der Waals surface area contributed by atoms with Gasteiger partial charge in [0.15, 0.2) is 4.34 Å². The van der Waals surface area contributed by atoms with Crippen molar-refractivity contribution in [3.63, 3.8) is 0 Å². The summed E-state index contributed by atoms with van der Waals surface area (Å²) in [5.74, 6) is 0. The highest BCUT2D eigenvalue weighted by molar-refractivity contribution is 7.98. The van der Waals surface area contributed by atoms with Gasteiger partial charge in [-0.15, -0.1) is 11.3 Å². The van der Waals surface area contributed by atoms with E-state index < -0.39 is 0 Å². The summed E-state index contributed by atoms with van der Waals surface area (Å²) < 4.78 is 3.49. The van der Waals surface area contributed by atoms with Gasteiger partial charge in [0.2, 0.25) is 0 Å². The summed E-state index contributed by atoms with van der Waals surface area (Å²) in [5, 5.41) is 2.02. The molecule has 1 aromatic heterocycles. The van der Waals surface area contributed by atoms with Crippen LogP contribution < -0.4 is 0 Å². The van der Waals surface area contributed by atoms with E-state index in [-0.39, 0.29) is 0 Å². The molecule has 2 nitrogen and oxygen atoms in total. The van der Waals surface area contributed by atoms with Crippen LogP contribution in [0.5, 0.6) is 0 Å². The summed E-state index contributed by atoms with van der Waals surface area (Å²) in [6.07, 6.45) is 1.85. The minimum atomic E-state index is 0.550. The van der Waals surface area contributed by atoms with Crippen molar-refractivity contribution in [1.29, 1.82) is 0 Å². The predicted octanol–water partition coefficient (Wildman–Crippen LogP) is 3.27. The Morgan fingerprint density at radius 2 is 1.92 bits per heavy atom. The Morgan fingerprint density at radius 1 is 1.31 bits per heavy atom. The van der Waals surface area contributed by atoms with Crippen molar-refractivity contribution in [2.75, 3.05) is 0 Å². The lowest BCUT2D eigenvalue weighted by Gasteiger charge is -2.27. The van der Waals surface area contributed by atoms with Crippen molar-refractivity contribution in [1.82, 2.24) is 9.29 Å². The van der Waals surface area contributed by atoms with Crippen LogP contribution in [-0.2, 0) is 0 Å². The third kappa shape index (κ3) is 3.29. The highest BCUT2D eigenvalue weighted by atomic mass is 32.2. The second-order valence-corrected chi connectivity index (χ2v) is 5.58. The molecule has 1 heterocycles. The van der Waals surface area contributed by atoms with Crippen molar-refractivity contribution in [3.05, 3.63) is 11.6 Å². The molecule has 0 saturated heterocycles. The average molecular weight is 216 g/mol. The van der Waals surface area contributed by atoms with Gasteiger partial charge in [-0.25, -0.2) is 9.29 Å². The molecule has 0 radical (unpaired) electrons. The maximum absolute atomic E-state index is 4.26. The van der Waals surface area contributed by atoms with E-state index in [4.69, 9.17) is 0 Å². The van der Waals surface area contributed by atoms with Gasteiger partial charge in [-0.2, -0.15) is 0 Å². The highest BCUT2D eigenvalue weighted by Crippen LogP contribution is 2.28. The van der Waals surface area contributed by atoms with E-state index >= 15 is 0 Å². The second kappa shape index (κ2) is 4.98. The Kier molecular flexibility index (Phi) is 4.22. The average Bonchev–Trinajstić information content (AvgIpc) is 2.50. The molecule has 0 bridgehead atoms. The largest absolute Gasteiger partial charge is 0.239 e. The first-order chi connectivity index (χ1) is 6.11. The lowest BCUT2D eigenvalue weighted by atomic mass is 10.3. The Bertz CT molecular complexity index is 224. The standard InChI is InChI=1S/C9H16N2S2/c1-7(2)11(8(3)4)13-9-10-5-6-12-9/h5-8H,1-4H3. The van der Waals surface area contributed by atoms with Crippen LogP contribution in [0.15, 0.2) is 15.9 Å². The van der Waals surface area contributed by atoms with Crippen molar-refractivity contribution >= 4 is 23.3 Å². The van der Waals surface area contributed by atoms with E-state index in [0.717, 1.165) is 4.34 Å². The fraction of sp³-hybridized carbons (Fsp3) is 0.667. The van der Waals surface area contributed by atoms with Crippen molar-refractivity contribution in [3.8, 4) is 0 Å². The molecular weight excluding hydrogens is 200 g/mol. The molecular formula is C9H16N2S2. The molecule has 0 amide bonds. The molecule has 0 N–H and O–H groups in total. The monoisotopic (exact) mass is 216 g/mol. The normalized spacial score (nSPS) is 11.9. The molecule has 0 aromatic carbocycles. The smallest absolute Gasteiger partial charge is 0.165 e. The molecule has 74 valence electrons. The van der Waals surface area contributed by atoms with Gasteiger partial charge < -0.3 is 0 Å². The zero-order valence-corrected chi connectivity index (χ0v) is 10.2. The van der Waals surface area contributed by atoms with Gasteiger partial charge in [0.1, 0.15) is 0 Å². The molecule has 0 fully saturated rings. The summed E-state index contributed by atoms with van der Waals surface area (Å²) in [7, 11) is 0. The van der Waals surface area contributed by atoms with Crippen molar-refractivity contribution < 1.29 is 0 Å². The molecule has 1 rings (SSSR count). The summed E-state index contributed by atoms with van der Waals surface area (Å²) in [6, 6.07) is 1.10. The molecule has 0 atom stereocenters. The fourth-order valence-corrected chi connectivity index (χ4v) is 2.82. The van der Waals surface area contributed by atoms with Gasteiger partial charge in [-0.3, -0.25) is 0 Å². The minimum absolute atomic E-state index is 0.550. The van der Waals surface area contributed by atoms with Crippen LogP contribution in [0.4, 0.5) is 0 Å². The molecule has 4 heteroatoms. The van der Waals surface area contributed by atoms with Crippen molar-refractivity contribution in [2.24, 2.45) is 0 Å². The Hall–Kier alpha value is -0.0600. The second-order valence-electron chi connectivity index (χ2n) is 3.44. The van der Waals surface area contributed by atoms with E-state index in [0.29, 0.717) is 12.1 Å². The summed E-state index contributed by atoms with van der Waals surface area (Å²) in [5.41, 5.74) is 0. The zero-order valence-electron chi connectivity index (χ0n) is 8.52. The van der Waals surface area contributed by atoms with E-state index in [1.165, 1.54) is 0 Å². The molecule has 0 aliphatic rings. The SMILES string of the molecule is CC(C)N(Sc1nccs1)C(C)C. The van der Waals surface area contributed by atoms with Crippen LogP contribution in [-0.4, -0.2) is 21.4 Å². The third-order valence-electron chi connectivity index (χ3n) is 1.61. The number of nitrogens with zero attached hydrogens (tertiary/aromatic N) is 2. The molecule has 0 aliphatic heterocycles. The van der Waals surface area contributed by atoms with Crippen LogP contribution >= 0.6 is 23.3 Å². The van der Waals surface area contributed by atoms with Gasteiger partial charge >= 0.3 is 0 Å². The molecule has 0 saturated carbocycles. The minimum Gasteiger partial charge on any atom is -0.239 e. The first-order valence-corrected chi connectivity index (χ1v) is 6.12. The topological polar surface area (TPSA) is 16.1 Å². The number of aromatic nitrogens is 1. The zero-order chi connectivity index (χ0) is 9.84. The van der Waals surface area contributed by atoms with E-state index in [9.17, 15) is 0 Å². The van der Waals surface area contributed by atoms with Crippen molar-refractivity contribution in [2.45, 2.75) is 44.1 Å². The molecule has 0 aliphatic carbocycles. The van der Waals surface area contributed by atoms with Crippen LogP contribution in [0, 0.1) is 0 Å². The predicted molar refractivity (Wildman–Crippen MR) is 60.1 cm³/mol. The molecule has 1 aromatic rings. The summed E-state index contributed by atoms with van der Waals surface area (Å²) in [6.45, 7) is 8.84. The first kappa shape index (κ1) is 11.0. The van der Waals surface area contributed by atoms with Gasteiger partial charge in [0.05, 0.1) is 0 Å². The number of hydrogen-bond acceptors (Lipinski definition) is 4. The molecule has 13 heavy (non-hydrogen) atoms. The van der Waals surface area contributed by atoms with Crippen LogP contribution in [0.3, 0.4) is 0 Å². The van der Waals surface area contributed by atoms with Crippen LogP contribution in [0.1, 0.15) is 27.7 Å². The van der Waals surface area contributed by atoms with Crippen LogP contribution in [0.25, 0.3) is 0 Å². The first-order valence-electron chi connectivity index (χ1n) is 4.47. The quantitative estimate of drug-likeness (QED) is 0.719. The molecule has 0 spiro atoms. The Balaban J connectivity index is 2.58. The summed E-state index contributed by atoms with van der Waals surface area (Å²) in [4.78, 5) is 4.26. The number of rotatable bonds is 4. The number of hydrogen-bond donors (Lipinski definition) is 0. The van der Waals surface area contributed by atoms with Gasteiger partial charge in [0.25, 0.3) is 0 Å². The van der Waals surface area contributed by atoms with Gasteiger partial charge in [-0.05, 0) is 39.6 Å². The lowest BCUT2D eigenvalue weighted by Crippen LogP contribution is -2.30. The summed E-state index contributed by atoms with van der Waals surface area (Å²) >= 11 is 3.45. The molecule has 0 unspecified atom stereocenters. The maximum Gasteiger partial charge on any atom is 0.165 e. The highest BCUT2D eigenvalue weighted by Gasteiger charge is 2.15. The maximum atomic E-state index is 4.26. The van der Waals surface area contributed by atoms with Crippen LogP contribution in [0.2, 0.25) is 0 Å². The van der Waals surface area contributed by atoms with E-state index in [1.807, 2.05) is 11.6 Å². The Morgan fingerprint density at radius 3 is 2.31 bits per heavy atom. The fourth-order valence-electron chi connectivity index (χ4n) is 1.15. The number of thiazole rings is 1. The van der Waals surface area contributed by atoms with E-state index in [1.54, 1.807) is 23.3 Å². The third-order valence-corrected chi connectivity index (χ3v) is 4.00. The van der Waals surface area contributed by atoms with E-state index in [2.05, 4.69) is 37.0 Å². The Labute approximate surface area is 88.5 Å². The lowest BCUT2D eigenvalue weighted by molar-refractivity contribution is 0.335.